The van der Waals surface area contributed by atoms with E-state index in [0.29, 0.717) is 0 Å². The number of benzene rings is 1. The zero-order chi connectivity index (χ0) is 12.0. The molecular formula is C13H12N2O2. The van der Waals surface area contributed by atoms with E-state index >= 15 is 0 Å². The second-order valence-corrected chi connectivity index (χ2v) is 4.06. The maximum atomic E-state index is 11.5. The van der Waals surface area contributed by atoms with E-state index in [4.69, 9.17) is 4.74 Å². The normalized spacial score (nSPS) is 11.2. The van der Waals surface area contributed by atoms with E-state index in [9.17, 15) is 4.79 Å². The molecule has 0 amide bonds. The van der Waals surface area contributed by atoms with E-state index in [1.54, 1.807) is 13.2 Å². The number of rotatable bonds is 1. The van der Waals surface area contributed by atoms with Gasteiger partial charge >= 0.3 is 0 Å². The van der Waals surface area contributed by atoms with Crippen molar-refractivity contribution < 1.29 is 4.74 Å². The van der Waals surface area contributed by atoms with Gasteiger partial charge in [-0.2, -0.15) is 0 Å². The largest absolute Gasteiger partial charge is 0.496 e. The molecule has 0 unspecified atom stereocenters. The fourth-order valence-corrected chi connectivity index (χ4v) is 2.26. The van der Waals surface area contributed by atoms with Crippen LogP contribution in [0.3, 0.4) is 0 Å². The highest BCUT2D eigenvalue weighted by atomic mass is 16.5. The van der Waals surface area contributed by atoms with Crippen molar-refractivity contribution in [1.82, 2.24) is 9.97 Å². The fourth-order valence-electron chi connectivity index (χ4n) is 2.26. The molecule has 0 fully saturated rings. The Bertz CT molecular complexity index is 768. The minimum Gasteiger partial charge on any atom is -0.496 e. The molecule has 0 radical (unpaired) electrons. The first kappa shape index (κ1) is 9.96. The van der Waals surface area contributed by atoms with Gasteiger partial charge in [-0.15, -0.1) is 0 Å². The van der Waals surface area contributed by atoms with Gasteiger partial charge in [0.1, 0.15) is 5.75 Å². The molecule has 17 heavy (non-hydrogen) atoms. The Labute approximate surface area is 97.2 Å². The maximum Gasteiger partial charge on any atom is 0.248 e. The highest BCUT2D eigenvalue weighted by molar-refractivity contribution is 6.10. The lowest BCUT2D eigenvalue weighted by molar-refractivity contribution is 0.420. The number of hydrogen-bond acceptors (Lipinski definition) is 2. The molecule has 2 aromatic heterocycles. The molecule has 4 nitrogen and oxygen atoms in total. The number of ether oxygens (including phenoxy) is 1. The molecule has 1 aromatic carbocycles. The van der Waals surface area contributed by atoms with E-state index in [2.05, 4.69) is 9.97 Å². The number of hydrogen-bond donors (Lipinski definition) is 2. The topological polar surface area (TPSA) is 57.9 Å². The Balaban J connectivity index is 2.62. The Hall–Kier alpha value is -2.23. The predicted octanol–water partition coefficient (Wildman–Crippen LogP) is 2.33. The molecule has 0 spiro atoms. The van der Waals surface area contributed by atoms with Gasteiger partial charge in [0, 0.05) is 22.5 Å². The summed E-state index contributed by atoms with van der Waals surface area (Å²) in [5.41, 5.74) is 2.66. The van der Waals surface area contributed by atoms with Crippen LogP contribution >= 0.6 is 0 Å². The van der Waals surface area contributed by atoms with Crippen LogP contribution in [0.1, 0.15) is 5.69 Å². The molecule has 2 heterocycles. The minimum absolute atomic E-state index is 0.0955. The molecule has 0 saturated heterocycles. The Kier molecular flexibility index (Phi) is 1.98. The Morgan fingerprint density at radius 2 is 2.06 bits per heavy atom. The van der Waals surface area contributed by atoms with Crippen LogP contribution in [0.4, 0.5) is 0 Å². The molecule has 0 atom stereocenters. The maximum absolute atomic E-state index is 11.5. The molecule has 0 bridgehead atoms. The first-order valence-electron chi connectivity index (χ1n) is 5.39. The summed E-state index contributed by atoms with van der Waals surface area (Å²) in [6.45, 7) is 1.88. The van der Waals surface area contributed by atoms with Crippen LogP contribution in [0, 0.1) is 6.92 Å². The summed E-state index contributed by atoms with van der Waals surface area (Å²) in [4.78, 5) is 17.6. The summed E-state index contributed by atoms with van der Waals surface area (Å²) in [6, 6.07) is 7.39. The lowest BCUT2D eigenvalue weighted by atomic mass is 10.1. The quantitative estimate of drug-likeness (QED) is 0.671. The van der Waals surface area contributed by atoms with Crippen LogP contribution in [0.2, 0.25) is 0 Å². The number of methoxy groups -OCH3 is 1. The third-order valence-corrected chi connectivity index (χ3v) is 3.01. The Morgan fingerprint density at radius 1 is 1.24 bits per heavy atom. The first-order valence-corrected chi connectivity index (χ1v) is 5.39. The second kappa shape index (κ2) is 3.38. The number of nitrogens with one attached hydrogen (secondary N) is 2. The summed E-state index contributed by atoms with van der Waals surface area (Å²) < 4.78 is 5.34. The average Bonchev–Trinajstić information content (AvgIpc) is 2.68. The monoisotopic (exact) mass is 228 g/mol. The summed E-state index contributed by atoms with van der Waals surface area (Å²) in [6.07, 6.45) is 0. The van der Waals surface area contributed by atoms with E-state index in [1.807, 2.05) is 25.1 Å². The third-order valence-electron chi connectivity index (χ3n) is 3.01. The van der Waals surface area contributed by atoms with Gasteiger partial charge in [0.25, 0.3) is 0 Å². The zero-order valence-electron chi connectivity index (χ0n) is 9.63. The number of aromatic nitrogens is 2. The lowest BCUT2D eigenvalue weighted by Gasteiger charge is -2.01. The van der Waals surface area contributed by atoms with Gasteiger partial charge in [-0.1, -0.05) is 6.07 Å². The van der Waals surface area contributed by atoms with E-state index in [-0.39, 0.29) is 5.56 Å². The predicted molar refractivity (Wildman–Crippen MR) is 67.7 cm³/mol. The molecule has 0 aliphatic heterocycles. The SMILES string of the molecule is COc1cccc2[nH]c3c(C)[nH]c(=O)cc3c12. The molecule has 2 N–H and O–H groups in total. The van der Waals surface area contributed by atoms with Gasteiger partial charge in [0.2, 0.25) is 5.56 Å². The summed E-state index contributed by atoms with van der Waals surface area (Å²) in [5.74, 6) is 0.777. The minimum atomic E-state index is -0.0955. The molecule has 3 aromatic rings. The van der Waals surface area contributed by atoms with Crippen molar-refractivity contribution in [2.45, 2.75) is 6.92 Å². The molecular weight excluding hydrogens is 216 g/mol. The van der Waals surface area contributed by atoms with Crippen molar-refractivity contribution in [3.05, 3.63) is 40.3 Å². The fraction of sp³-hybridized carbons (Fsp3) is 0.154. The summed E-state index contributed by atoms with van der Waals surface area (Å²) >= 11 is 0. The number of fused-ring (bicyclic) bond motifs is 3. The molecule has 4 heteroatoms. The van der Waals surface area contributed by atoms with Crippen molar-refractivity contribution in [3.8, 4) is 5.75 Å². The average molecular weight is 228 g/mol. The first-order chi connectivity index (χ1) is 8.20. The van der Waals surface area contributed by atoms with Crippen molar-refractivity contribution in [2.75, 3.05) is 7.11 Å². The van der Waals surface area contributed by atoms with Gasteiger partial charge in [-0.05, 0) is 19.1 Å². The van der Waals surface area contributed by atoms with Gasteiger partial charge < -0.3 is 14.7 Å². The van der Waals surface area contributed by atoms with Crippen molar-refractivity contribution >= 4 is 21.8 Å². The van der Waals surface area contributed by atoms with Gasteiger partial charge in [0.05, 0.1) is 18.1 Å². The van der Waals surface area contributed by atoms with E-state index < -0.39 is 0 Å². The highest BCUT2D eigenvalue weighted by Gasteiger charge is 2.11. The van der Waals surface area contributed by atoms with Crippen molar-refractivity contribution in [3.63, 3.8) is 0 Å². The molecule has 3 rings (SSSR count). The molecule has 0 aliphatic rings. The van der Waals surface area contributed by atoms with Crippen LogP contribution in [-0.4, -0.2) is 17.1 Å². The van der Waals surface area contributed by atoms with Crippen LogP contribution < -0.4 is 10.3 Å². The third kappa shape index (κ3) is 1.34. The van der Waals surface area contributed by atoms with Crippen LogP contribution in [0.15, 0.2) is 29.1 Å². The number of aromatic amines is 2. The van der Waals surface area contributed by atoms with E-state index in [0.717, 1.165) is 33.2 Å². The van der Waals surface area contributed by atoms with Gasteiger partial charge in [-0.3, -0.25) is 4.79 Å². The zero-order valence-corrected chi connectivity index (χ0v) is 9.63. The second-order valence-electron chi connectivity index (χ2n) is 4.06. The highest BCUT2D eigenvalue weighted by Crippen LogP contribution is 2.32. The van der Waals surface area contributed by atoms with Gasteiger partial charge in [-0.25, -0.2) is 0 Å². The Morgan fingerprint density at radius 3 is 2.82 bits per heavy atom. The van der Waals surface area contributed by atoms with Crippen LogP contribution in [-0.2, 0) is 0 Å². The summed E-state index contributed by atoms with van der Waals surface area (Å²) in [5, 5.41) is 1.86. The smallest absolute Gasteiger partial charge is 0.248 e. The van der Waals surface area contributed by atoms with Crippen LogP contribution in [0.5, 0.6) is 5.75 Å². The number of aryl methyl sites for hydroxylation is 1. The van der Waals surface area contributed by atoms with Gasteiger partial charge in [0.15, 0.2) is 0 Å². The molecule has 0 saturated carbocycles. The molecule has 86 valence electrons. The van der Waals surface area contributed by atoms with Crippen molar-refractivity contribution in [1.29, 1.82) is 0 Å². The van der Waals surface area contributed by atoms with Crippen molar-refractivity contribution in [2.24, 2.45) is 0 Å². The standard InChI is InChI=1S/C13H12N2O2/c1-7-13-8(6-11(16)14-7)12-9(15-13)4-3-5-10(12)17-2/h3-6,15H,1-2H3,(H,14,16). The van der Waals surface area contributed by atoms with E-state index in [1.165, 1.54) is 0 Å². The van der Waals surface area contributed by atoms with Crippen LogP contribution in [0.25, 0.3) is 21.8 Å². The lowest BCUT2D eigenvalue weighted by Crippen LogP contribution is -2.04. The number of pyridine rings is 1. The molecule has 0 aliphatic carbocycles. The summed E-state index contributed by atoms with van der Waals surface area (Å²) in [7, 11) is 1.63. The number of H-pyrrole nitrogens is 2.